The van der Waals surface area contributed by atoms with Crippen LogP contribution < -0.4 is 10.6 Å². The van der Waals surface area contributed by atoms with Crippen molar-refractivity contribution >= 4 is 23.4 Å². The summed E-state index contributed by atoms with van der Waals surface area (Å²) in [4.78, 5) is 16.7. The van der Waals surface area contributed by atoms with Gasteiger partial charge in [0.15, 0.2) is 0 Å². The largest absolute Gasteiger partial charge is 0.379 e. The lowest BCUT2D eigenvalue weighted by Gasteiger charge is -2.26. The first-order valence-corrected chi connectivity index (χ1v) is 10.3. The molecular weight excluding hydrogens is 384 g/mol. The summed E-state index contributed by atoms with van der Waals surface area (Å²) in [6.45, 7) is 4.43. The van der Waals surface area contributed by atoms with Crippen LogP contribution in [0.5, 0.6) is 0 Å². The van der Waals surface area contributed by atoms with E-state index in [1.54, 1.807) is 11.8 Å². The SMILES string of the molecule is N#C/C(=C/Nc1ccccc1Sc1ccccc1)C(=O)NCCN1CCOCC1. The second-order valence-corrected chi connectivity index (χ2v) is 7.55. The first-order chi connectivity index (χ1) is 14.3. The number of ether oxygens (including phenoxy) is 1. The maximum atomic E-state index is 12.3. The van der Waals surface area contributed by atoms with Crippen LogP contribution in [0, 0.1) is 11.3 Å². The number of benzene rings is 2. The molecule has 2 aromatic carbocycles. The average molecular weight is 409 g/mol. The highest BCUT2D eigenvalue weighted by molar-refractivity contribution is 7.99. The number of para-hydroxylation sites is 1. The summed E-state index contributed by atoms with van der Waals surface area (Å²) in [6.07, 6.45) is 1.47. The van der Waals surface area contributed by atoms with Crippen LogP contribution in [0.15, 0.2) is 76.2 Å². The monoisotopic (exact) mass is 408 g/mol. The summed E-state index contributed by atoms with van der Waals surface area (Å²) in [5.41, 5.74) is 0.890. The lowest BCUT2D eigenvalue weighted by molar-refractivity contribution is -0.117. The van der Waals surface area contributed by atoms with E-state index in [-0.39, 0.29) is 11.5 Å². The average Bonchev–Trinajstić information content (AvgIpc) is 2.77. The normalized spacial score (nSPS) is 14.8. The standard InChI is InChI=1S/C22H24N4O2S/c23-16-18(22(27)24-10-11-26-12-14-28-15-13-26)17-25-20-8-4-5-9-21(20)29-19-6-2-1-3-7-19/h1-9,17,25H,10-15H2,(H,24,27)/b18-17-. The molecule has 0 saturated carbocycles. The molecule has 1 fully saturated rings. The Bertz CT molecular complexity index is 874. The van der Waals surface area contributed by atoms with Gasteiger partial charge in [0.25, 0.3) is 5.91 Å². The zero-order valence-corrected chi connectivity index (χ0v) is 17.0. The molecule has 1 amide bonds. The van der Waals surface area contributed by atoms with Crippen LogP contribution in [0.2, 0.25) is 0 Å². The molecule has 150 valence electrons. The van der Waals surface area contributed by atoms with E-state index in [1.807, 2.05) is 60.7 Å². The molecule has 0 unspecified atom stereocenters. The van der Waals surface area contributed by atoms with Crippen molar-refractivity contribution in [3.63, 3.8) is 0 Å². The lowest BCUT2D eigenvalue weighted by atomic mass is 10.2. The van der Waals surface area contributed by atoms with Crippen molar-refractivity contribution in [1.29, 1.82) is 5.26 Å². The third-order valence-electron chi connectivity index (χ3n) is 4.41. The fourth-order valence-corrected chi connectivity index (χ4v) is 3.77. The molecule has 29 heavy (non-hydrogen) atoms. The van der Waals surface area contributed by atoms with Gasteiger partial charge in [-0.15, -0.1) is 0 Å². The van der Waals surface area contributed by atoms with Gasteiger partial charge in [-0.05, 0) is 24.3 Å². The number of hydrogen-bond acceptors (Lipinski definition) is 6. The highest BCUT2D eigenvalue weighted by Crippen LogP contribution is 2.33. The molecule has 1 aliphatic heterocycles. The van der Waals surface area contributed by atoms with Crippen LogP contribution in [-0.2, 0) is 9.53 Å². The van der Waals surface area contributed by atoms with E-state index in [0.29, 0.717) is 6.54 Å². The number of hydrogen-bond donors (Lipinski definition) is 2. The summed E-state index contributed by atoms with van der Waals surface area (Å²) in [5.74, 6) is -0.374. The lowest BCUT2D eigenvalue weighted by Crippen LogP contribution is -2.41. The number of nitrogens with one attached hydrogen (secondary N) is 2. The van der Waals surface area contributed by atoms with Crippen molar-refractivity contribution in [2.45, 2.75) is 9.79 Å². The van der Waals surface area contributed by atoms with Gasteiger partial charge < -0.3 is 15.4 Å². The number of amides is 1. The zero-order valence-electron chi connectivity index (χ0n) is 16.1. The first-order valence-electron chi connectivity index (χ1n) is 9.53. The molecule has 1 heterocycles. The fourth-order valence-electron chi connectivity index (χ4n) is 2.84. The summed E-state index contributed by atoms with van der Waals surface area (Å²) < 4.78 is 5.31. The third-order valence-corrected chi connectivity index (χ3v) is 5.50. The van der Waals surface area contributed by atoms with Gasteiger partial charge in [0.2, 0.25) is 0 Å². The van der Waals surface area contributed by atoms with E-state index in [4.69, 9.17) is 4.74 Å². The fraction of sp³-hybridized carbons (Fsp3) is 0.273. The number of nitriles is 1. The maximum absolute atomic E-state index is 12.3. The summed E-state index contributed by atoms with van der Waals surface area (Å²) in [5, 5.41) is 15.3. The Hall–Kier alpha value is -2.79. The smallest absolute Gasteiger partial charge is 0.263 e. The second kappa shape index (κ2) is 11.3. The number of carbonyl (C=O) groups is 1. The predicted molar refractivity (Wildman–Crippen MR) is 115 cm³/mol. The van der Waals surface area contributed by atoms with Gasteiger partial charge in [-0.2, -0.15) is 5.26 Å². The highest BCUT2D eigenvalue weighted by atomic mass is 32.2. The quantitative estimate of drug-likeness (QED) is 0.516. The number of morpholine rings is 1. The highest BCUT2D eigenvalue weighted by Gasteiger charge is 2.12. The first kappa shape index (κ1) is 20.9. The van der Waals surface area contributed by atoms with Gasteiger partial charge in [0.1, 0.15) is 11.6 Å². The molecule has 0 radical (unpaired) electrons. The molecule has 0 atom stereocenters. The van der Waals surface area contributed by atoms with Crippen molar-refractivity contribution in [2.75, 3.05) is 44.7 Å². The zero-order chi connectivity index (χ0) is 20.3. The molecular formula is C22H24N4O2S. The minimum atomic E-state index is -0.374. The van der Waals surface area contributed by atoms with E-state index in [1.165, 1.54) is 6.20 Å². The second-order valence-electron chi connectivity index (χ2n) is 6.44. The predicted octanol–water partition coefficient (Wildman–Crippen LogP) is 3.11. The summed E-state index contributed by atoms with van der Waals surface area (Å²) >= 11 is 1.62. The van der Waals surface area contributed by atoms with E-state index < -0.39 is 0 Å². The molecule has 0 aliphatic carbocycles. The van der Waals surface area contributed by atoms with Gasteiger partial charge in [0.05, 0.1) is 18.9 Å². The van der Waals surface area contributed by atoms with Gasteiger partial charge in [-0.3, -0.25) is 9.69 Å². The third kappa shape index (κ3) is 6.64. The molecule has 2 N–H and O–H groups in total. The minimum absolute atomic E-state index is 0.0477. The Morgan fingerprint density at radius 2 is 1.86 bits per heavy atom. The Morgan fingerprint density at radius 1 is 1.14 bits per heavy atom. The Labute approximate surface area is 175 Å². The van der Waals surface area contributed by atoms with E-state index in [9.17, 15) is 10.1 Å². The molecule has 0 bridgehead atoms. The van der Waals surface area contributed by atoms with Crippen LogP contribution in [0.25, 0.3) is 0 Å². The number of anilines is 1. The molecule has 0 aromatic heterocycles. The van der Waals surface area contributed by atoms with Crippen LogP contribution in [0.4, 0.5) is 5.69 Å². The number of rotatable bonds is 8. The Balaban J connectivity index is 1.57. The molecule has 6 nitrogen and oxygen atoms in total. The molecule has 1 saturated heterocycles. The Morgan fingerprint density at radius 3 is 2.62 bits per heavy atom. The molecule has 1 aliphatic rings. The van der Waals surface area contributed by atoms with Crippen molar-refractivity contribution in [3.05, 3.63) is 66.4 Å². The number of nitrogens with zero attached hydrogens (tertiary/aromatic N) is 2. The maximum Gasteiger partial charge on any atom is 0.263 e. The van der Waals surface area contributed by atoms with Gasteiger partial charge >= 0.3 is 0 Å². The summed E-state index contributed by atoms with van der Waals surface area (Å²) in [6, 6.07) is 19.8. The van der Waals surface area contributed by atoms with E-state index >= 15 is 0 Å². The van der Waals surface area contributed by atoms with Crippen molar-refractivity contribution in [3.8, 4) is 6.07 Å². The van der Waals surface area contributed by atoms with Gasteiger partial charge in [-0.1, -0.05) is 42.1 Å². The van der Waals surface area contributed by atoms with Crippen LogP contribution in [-0.4, -0.2) is 50.2 Å². The van der Waals surface area contributed by atoms with Crippen molar-refractivity contribution < 1.29 is 9.53 Å². The molecule has 2 aromatic rings. The van der Waals surface area contributed by atoms with Crippen molar-refractivity contribution in [1.82, 2.24) is 10.2 Å². The van der Waals surface area contributed by atoms with E-state index in [0.717, 1.165) is 48.3 Å². The minimum Gasteiger partial charge on any atom is -0.379 e. The number of carbonyl (C=O) groups excluding carboxylic acids is 1. The van der Waals surface area contributed by atoms with Crippen LogP contribution >= 0.6 is 11.8 Å². The molecule has 3 rings (SSSR count). The Kier molecular flexibility index (Phi) is 8.13. The topological polar surface area (TPSA) is 77.4 Å². The van der Waals surface area contributed by atoms with E-state index in [2.05, 4.69) is 15.5 Å². The van der Waals surface area contributed by atoms with Gasteiger partial charge in [-0.25, -0.2) is 0 Å². The van der Waals surface area contributed by atoms with Gasteiger partial charge in [0, 0.05) is 42.2 Å². The van der Waals surface area contributed by atoms with Crippen molar-refractivity contribution in [2.24, 2.45) is 0 Å². The van der Waals surface area contributed by atoms with Crippen LogP contribution in [0.3, 0.4) is 0 Å². The molecule has 7 heteroatoms. The summed E-state index contributed by atoms with van der Waals surface area (Å²) in [7, 11) is 0. The van der Waals surface area contributed by atoms with Crippen LogP contribution in [0.1, 0.15) is 0 Å². The molecule has 0 spiro atoms.